The van der Waals surface area contributed by atoms with Gasteiger partial charge in [0.15, 0.2) is 11.5 Å². The van der Waals surface area contributed by atoms with E-state index >= 15 is 0 Å². The van der Waals surface area contributed by atoms with E-state index in [-0.39, 0.29) is 18.6 Å². The minimum absolute atomic E-state index is 0.171. The van der Waals surface area contributed by atoms with Crippen LogP contribution >= 0.6 is 0 Å². The number of aromatic amines is 1. The molecule has 0 saturated heterocycles. The molecular formula is C22H24FN3O4. The van der Waals surface area contributed by atoms with Crippen molar-refractivity contribution in [2.75, 3.05) is 33.6 Å². The van der Waals surface area contributed by atoms with E-state index in [0.717, 1.165) is 22.0 Å². The summed E-state index contributed by atoms with van der Waals surface area (Å²) in [7, 11) is 1.61. The van der Waals surface area contributed by atoms with Crippen molar-refractivity contribution in [1.82, 2.24) is 15.2 Å². The van der Waals surface area contributed by atoms with E-state index < -0.39 is 0 Å². The van der Waals surface area contributed by atoms with Crippen LogP contribution < -0.4 is 14.8 Å². The lowest BCUT2D eigenvalue weighted by atomic mass is 10.1. The van der Waals surface area contributed by atoms with Crippen molar-refractivity contribution in [3.63, 3.8) is 0 Å². The number of halogens is 1. The Balaban J connectivity index is 1.36. The van der Waals surface area contributed by atoms with Gasteiger partial charge < -0.3 is 29.4 Å². The van der Waals surface area contributed by atoms with Crippen LogP contribution in [0.15, 0.2) is 42.6 Å². The van der Waals surface area contributed by atoms with Gasteiger partial charge in [0.1, 0.15) is 5.82 Å². The van der Waals surface area contributed by atoms with Crippen molar-refractivity contribution >= 4 is 16.9 Å². The molecule has 8 heteroatoms. The molecule has 158 valence electrons. The van der Waals surface area contributed by atoms with Gasteiger partial charge in [0, 0.05) is 43.8 Å². The quantitative estimate of drug-likeness (QED) is 0.593. The van der Waals surface area contributed by atoms with E-state index in [1.165, 1.54) is 12.1 Å². The smallest absolute Gasteiger partial charge is 0.317 e. The molecule has 2 N–H and O–H groups in total. The molecule has 0 unspecified atom stereocenters. The van der Waals surface area contributed by atoms with Crippen LogP contribution in [0.1, 0.15) is 11.1 Å². The molecule has 0 aliphatic carbocycles. The van der Waals surface area contributed by atoms with Gasteiger partial charge in [0.2, 0.25) is 6.79 Å². The first-order valence-corrected chi connectivity index (χ1v) is 9.80. The Bertz CT molecular complexity index is 1040. The number of methoxy groups -OCH3 is 1. The van der Waals surface area contributed by atoms with Crippen molar-refractivity contribution in [3.8, 4) is 11.5 Å². The predicted molar refractivity (Wildman–Crippen MR) is 110 cm³/mol. The van der Waals surface area contributed by atoms with Gasteiger partial charge in [-0.25, -0.2) is 9.18 Å². The molecule has 0 saturated carbocycles. The van der Waals surface area contributed by atoms with Crippen LogP contribution in [0, 0.1) is 5.82 Å². The fourth-order valence-electron chi connectivity index (χ4n) is 3.49. The van der Waals surface area contributed by atoms with Crippen molar-refractivity contribution in [3.05, 3.63) is 59.5 Å². The Morgan fingerprint density at radius 3 is 2.97 bits per heavy atom. The highest BCUT2D eigenvalue weighted by molar-refractivity contribution is 5.83. The molecule has 3 aromatic rings. The predicted octanol–water partition coefficient (Wildman–Crippen LogP) is 3.44. The number of carbonyl (C=O) groups excluding carboxylic acids is 1. The average Bonchev–Trinajstić information content (AvgIpc) is 3.37. The molecule has 2 aromatic carbocycles. The zero-order valence-electron chi connectivity index (χ0n) is 16.7. The lowest BCUT2D eigenvalue weighted by Crippen LogP contribution is -2.41. The normalized spacial score (nSPS) is 12.3. The number of amides is 2. The van der Waals surface area contributed by atoms with Crippen molar-refractivity contribution in [2.24, 2.45) is 0 Å². The van der Waals surface area contributed by atoms with Crippen LogP contribution in [0.4, 0.5) is 9.18 Å². The summed E-state index contributed by atoms with van der Waals surface area (Å²) in [4.78, 5) is 17.5. The van der Waals surface area contributed by atoms with Gasteiger partial charge in [-0.15, -0.1) is 0 Å². The summed E-state index contributed by atoms with van der Waals surface area (Å²) in [5.74, 6) is 1.13. The number of H-pyrrole nitrogens is 1. The van der Waals surface area contributed by atoms with Gasteiger partial charge in [0.25, 0.3) is 0 Å². The summed E-state index contributed by atoms with van der Waals surface area (Å²) < 4.78 is 29.2. The van der Waals surface area contributed by atoms with Gasteiger partial charge in [-0.2, -0.15) is 0 Å². The number of urea groups is 1. The van der Waals surface area contributed by atoms with Crippen molar-refractivity contribution in [1.29, 1.82) is 0 Å². The number of rotatable bonds is 8. The molecule has 0 spiro atoms. The molecular weight excluding hydrogens is 389 g/mol. The lowest BCUT2D eigenvalue weighted by molar-refractivity contribution is 0.146. The summed E-state index contributed by atoms with van der Waals surface area (Å²) in [6.45, 7) is 2.01. The first kappa shape index (κ1) is 20.0. The Morgan fingerprint density at radius 1 is 1.23 bits per heavy atom. The topological polar surface area (TPSA) is 75.8 Å². The largest absolute Gasteiger partial charge is 0.454 e. The maximum Gasteiger partial charge on any atom is 0.317 e. The van der Waals surface area contributed by atoms with E-state index in [1.807, 2.05) is 24.4 Å². The molecule has 0 radical (unpaired) electrons. The molecule has 1 aliphatic rings. The SMILES string of the molecule is COCCN(Cc1ccc2c(c1)OCO2)C(=O)NCCc1c[nH]c2cc(F)ccc12. The summed E-state index contributed by atoms with van der Waals surface area (Å²) >= 11 is 0. The number of nitrogens with zero attached hydrogens (tertiary/aromatic N) is 1. The van der Waals surface area contributed by atoms with E-state index in [4.69, 9.17) is 14.2 Å². The minimum Gasteiger partial charge on any atom is -0.454 e. The second-order valence-corrected chi connectivity index (χ2v) is 7.09. The molecule has 30 heavy (non-hydrogen) atoms. The molecule has 2 amide bonds. The molecule has 1 aliphatic heterocycles. The molecule has 0 atom stereocenters. The number of benzene rings is 2. The number of hydrogen-bond donors (Lipinski definition) is 2. The first-order chi connectivity index (χ1) is 14.6. The fraction of sp³-hybridized carbons (Fsp3) is 0.318. The second-order valence-electron chi connectivity index (χ2n) is 7.09. The first-order valence-electron chi connectivity index (χ1n) is 9.80. The Morgan fingerprint density at radius 2 is 2.10 bits per heavy atom. The third kappa shape index (κ3) is 4.49. The maximum absolute atomic E-state index is 13.3. The number of aromatic nitrogens is 1. The number of carbonyl (C=O) groups is 1. The Hall–Kier alpha value is -3.26. The van der Waals surface area contributed by atoms with Gasteiger partial charge in [-0.1, -0.05) is 6.07 Å². The van der Waals surface area contributed by atoms with Crippen LogP contribution in [-0.4, -0.2) is 49.5 Å². The van der Waals surface area contributed by atoms with E-state index in [2.05, 4.69) is 10.3 Å². The fourth-order valence-corrected chi connectivity index (χ4v) is 3.49. The second kappa shape index (κ2) is 9.04. The summed E-state index contributed by atoms with van der Waals surface area (Å²) in [6.07, 6.45) is 2.49. The highest BCUT2D eigenvalue weighted by atomic mass is 19.1. The van der Waals surface area contributed by atoms with Crippen LogP contribution in [0.3, 0.4) is 0 Å². The number of nitrogens with one attached hydrogen (secondary N) is 2. The molecule has 0 bridgehead atoms. The lowest BCUT2D eigenvalue weighted by Gasteiger charge is -2.23. The van der Waals surface area contributed by atoms with E-state index in [9.17, 15) is 9.18 Å². The molecule has 2 heterocycles. The molecule has 0 fully saturated rings. The van der Waals surface area contributed by atoms with Gasteiger partial charge >= 0.3 is 6.03 Å². The standard InChI is InChI=1S/C22H24FN3O4/c1-28-9-8-26(13-15-2-5-20-21(10-15)30-14-29-20)22(27)24-7-6-16-12-25-19-11-17(23)3-4-18(16)19/h2-5,10-12,25H,6-9,13-14H2,1H3,(H,24,27). The van der Waals surface area contributed by atoms with Crippen molar-refractivity contribution < 1.29 is 23.4 Å². The Labute approximate surface area is 173 Å². The highest BCUT2D eigenvalue weighted by Gasteiger charge is 2.17. The molecule has 1 aromatic heterocycles. The summed E-state index contributed by atoms with van der Waals surface area (Å²) in [5.41, 5.74) is 2.73. The number of ether oxygens (including phenoxy) is 3. The van der Waals surface area contributed by atoms with E-state index in [0.29, 0.717) is 44.2 Å². The summed E-state index contributed by atoms with van der Waals surface area (Å²) in [5, 5.41) is 3.93. The minimum atomic E-state index is -0.276. The van der Waals surface area contributed by atoms with Crippen LogP contribution in [0.5, 0.6) is 11.5 Å². The average molecular weight is 413 g/mol. The van der Waals surface area contributed by atoms with E-state index in [1.54, 1.807) is 18.1 Å². The summed E-state index contributed by atoms with van der Waals surface area (Å²) in [6, 6.07) is 10.2. The third-order valence-corrected chi connectivity index (χ3v) is 5.06. The molecule has 7 nitrogen and oxygen atoms in total. The molecule has 4 rings (SSSR count). The zero-order valence-corrected chi connectivity index (χ0v) is 16.7. The van der Waals surface area contributed by atoms with Crippen LogP contribution in [-0.2, 0) is 17.7 Å². The van der Waals surface area contributed by atoms with Crippen molar-refractivity contribution in [2.45, 2.75) is 13.0 Å². The van der Waals surface area contributed by atoms with Gasteiger partial charge in [-0.3, -0.25) is 0 Å². The maximum atomic E-state index is 13.3. The van der Waals surface area contributed by atoms with Gasteiger partial charge in [0.05, 0.1) is 6.61 Å². The van der Waals surface area contributed by atoms with Gasteiger partial charge in [-0.05, 0) is 47.9 Å². The van der Waals surface area contributed by atoms with Crippen LogP contribution in [0.2, 0.25) is 0 Å². The number of fused-ring (bicyclic) bond motifs is 2. The number of hydrogen-bond acceptors (Lipinski definition) is 4. The highest BCUT2D eigenvalue weighted by Crippen LogP contribution is 2.32. The Kier molecular flexibility index (Phi) is 6.04. The zero-order chi connectivity index (χ0) is 20.9. The monoisotopic (exact) mass is 413 g/mol. The van der Waals surface area contributed by atoms with Crippen LogP contribution in [0.25, 0.3) is 10.9 Å². The third-order valence-electron chi connectivity index (χ3n) is 5.06.